The van der Waals surface area contributed by atoms with E-state index in [0.717, 1.165) is 5.56 Å². The fraction of sp³-hybridized carbons (Fsp3) is 0.409. The van der Waals surface area contributed by atoms with E-state index in [4.69, 9.17) is 9.47 Å². The second kappa shape index (κ2) is 9.49. The summed E-state index contributed by atoms with van der Waals surface area (Å²) in [6, 6.07) is 12.3. The van der Waals surface area contributed by atoms with Gasteiger partial charge < -0.3 is 14.8 Å². The molecule has 30 heavy (non-hydrogen) atoms. The summed E-state index contributed by atoms with van der Waals surface area (Å²) in [7, 11) is -2.33. The van der Waals surface area contributed by atoms with Crippen molar-refractivity contribution < 1.29 is 22.7 Å². The predicted octanol–water partition coefficient (Wildman–Crippen LogP) is 3.44. The lowest BCUT2D eigenvalue weighted by Crippen LogP contribution is -2.43. The van der Waals surface area contributed by atoms with Crippen molar-refractivity contribution in [2.24, 2.45) is 5.92 Å². The van der Waals surface area contributed by atoms with E-state index < -0.39 is 15.9 Å². The molecule has 1 amide bonds. The molecule has 3 rings (SSSR count). The quantitative estimate of drug-likeness (QED) is 0.724. The van der Waals surface area contributed by atoms with Gasteiger partial charge in [-0.1, -0.05) is 18.2 Å². The van der Waals surface area contributed by atoms with Crippen molar-refractivity contribution in [2.75, 3.05) is 32.1 Å². The molecular formula is C22H28N2O5S. The van der Waals surface area contributed by atoms with Gasteiger partial charge in [0.05, 0.1) is 25.3 Å². The van der Waals surface area contributed by atoms with Crippen LogP contribution in [0, 0.1) is 12.8 Å². The number of para-hydroxylation sites is 2. The zero-order valence-corrected chi connectivity index (χ0v) is 18.4. The largest absolute Gasteiger partial charge is 0.495 e. The van der Waals surface area contributed by atoms with E-state index in [9.17, 15) is 13.2 Å². The van der Waals surface area contributed by atoms with Crippen LogP contribution in [0.5, 0.6) is 11.5 Å². The molecule has 0 aromatic heterocycles. The number of aryl methyl sites for hydroxylation is 1. The first-order chi connectivity index (χ1) is 14.4. The number of benzene rings is 2. The predicted molar refractivity (Wildman–Crippen MR) is 115 cm³/mol. The molecule has 1 heterocycles. The molecule has 0 aliphatic carbocycles. The van der Waals surface area contributed by atoms with E-state index in [1.165, 1.54) is 11.4 Å². The van der Waals surface area contributed by atoms with Crippen LogP contribution < -0.4 is 14.8 Å². The molecule has 1 aliphatic rings. The molecule has 1 atom stereocenters. The number of amides is 1. The third-order valence-corrected chi connectivity index (χ3v) is 7.02. The Labute approximate surface area is 178 Å². The van der Waals surface area contributed by atoms with E-state index in [2.05, 4.69) is 5.32 Å². The van der Waals surface area contributed by atoms with Gasteiger partial charge in [0, 0.05) is 13.1 Å². The lowest BCUT2D eigenvalue weighted by atomic mass is 9.98. The van der Waals surface area contributed by atoms with Crippen LogP contribution in [0.1, 0.15) is 25.3 Å². The second-order valence-electron chi connectivity index (χ2n) is 7.27. The average Bonchev–Trinajstić information content (AvgIpc) is 2.75. The summed E-state index contributed by atoms with van der Waals surface area (Å²) in [5, 5.41) is 2.90. The average molecular weight is 433 g/mol. The highest BCUT2D eigenvalue weighted by atomic mass is 32.2. The first-order valence-electron chi connectivity index (χ1n) is 10.0. The molecule has 1 N–H and O–H groups in total. The van der Waals surface area contributed by atoms with Gasteiger partial charge in [-0.25, -0.2) is 8.42 Å². The number of hydrogen-bond donors (Lipinski definition) is 1. The van der Waals surface area contributed by atoms with Gasteiger partial charge in [0.15, 0.2) is 0 Å². The summed E-state index contributed by atoms with van der Waals surface area (Å²) >= 11 is 0. The van der Waals surface area contributed by atoms with Crippen LogP contribution in [0.2, 0.25) is 0 Å². The third kappa shape index (κ3) is 4.76. The van der Waals surface area contributed by atoms with Crippen molar-refractivity contribution in [3.05, 3.63) is 48.0 Å². The summed E-state index contributed by atoms with van der Waals surface area (Å²) < 4.78 is 38.8. The Balaban J connectivity index is 1.78. The van der Waals surface area contributed by atoms with Gasteiger partial charge in [-0.2, -0.15) is 4.31 Å². The molecule has 1 fully saturated rings. The number of anilines is 1. The van der Waals surface area contributed by atoms with Gasteiger partial charge >= 0.3 is 0 Å². The molecule has 2 aromatic rings. The first kappa shape index (κ1) is 22.1. The molecule has 8 heteroatoms. The zero-order chi connectivity index (χ0) is 21.7. The van der Waals surface area contributed by atoms with Gasteiger partial charge in [-0.05, 0) is 56.5 Å². The van der Waals surface area contributed by atoms with E-state index in [1.54, 1.807) is 30.3 Å². The molecule has 0 spiro atoms. The maximum atomic E-state index is 13.3. The fourth-order valence-corrected chi connectivity index (χ4v) is 5.35. The smallest absolute Gasteiger partial charge is 0.246 e. The highest BCUT2D eigenvalue weighted by Crippen LogP contribution is 2.31. The topological polar surface area (TPSA) is 84.9 Å². The minimum atomic E-state index is -3.78. The number of carbonyl (C=O) groups excluding carboxylic acids is 1. The summed E-state index contributed by atoms with van der Waals surface area (Å²) in [5.74, 6) is 0.244. The highest BCUT2D eigenvalue weighted by Gasteiger charge is 2.35. The zero-order valence-electron chi connectivity index (χ0n) is 17.6. The van der Waals surface area contributed by atoms with Crippen LogP contribution in [-0.2, 0) is 14.8 Å². The van der Waals surface area contributed by atoms with Crippen molar-refractivity contribution in [1.82, 2.24) is 4.31 Å². The molecule has 162 valence electrons. The van der Waals surface area contributed by atoms with E-state index in [-0.39, 0.29) is 17.3 Å². The van der Waals surface area contributed by atoms with Gasteiger partial charge in [-0.3, -0.25) is 4.79 Å². The summed E-state index contributed by atoms with van der Waals surface area (Å²) in [6.07, 6.45) is 1.23. The van der Waals surface area contributed by atoms with Crippen molar-refractivity contribution in [3.63, 3.8) is 0 Å². The number of ether oxygens (including phenoxy) is 2. The number of hydrogen-bond acceptors (Lipinski definition) is 5. The van der Waals surface area contributed by atoms with Crippen LogP contribution in [0.3, 0.4) is 0 Å². The van der Waals surface area contributed by atoms with E-state index >= 15 is 0 Å². The van der Waals surface area contributed by atoms with Gasteiger partial charge in [0.1, 0.15) is 16.4 Å². The maximum Gasteiger partial charge on any atom is 0.246 e. The number of rotatable bonds is 7. The van der Waals surface area contributed by atoms with E-state index in [0.29, 0.717) is 43.2 Å². The van der Waals surface area contributed by atoms with Gasteiger partial charge in [-0.15, -0.1) is 0 Å². The molecule has 0 saturated carbocycles. The summed E-state index contributed by atoms with van der Waals surface area (Å²) in [5.41, 5.74) is 1.41. The molecule has 2 aromatic carbocycles. The number of methoxy groups -OCH3 is 1. The van der Waals surface area contributed by atoms with Gasteiger partial charge in [0.2, 0.25) is 15.9 Å². The Hall–Kier alpha value is -2.58. The Morgan fingerprint density at radius 2 is 1.97 bits per heavy atom. The van der Waals surface area contributed by atoms with Crippen molar-refractivity contribution in [2.45, 2.75) is 31.6 Å². The summed E-state index contributed by atoms with van der Waals surface area (Å²) in [6.45, 7) is 4.70. The number of nitrogens with zero attached hydrogens (tertiary/aromatic N) is 1. The van der Waals surface area contributed by atoms with Crippen molar-refractivity contribution >= 4 is 21.6 Å². The SMILES string of the molecule is CCOc1ccccc1NC(=O)[C@H]1CCCN(S(=O)(=O)c2cc(C)ccc2OC)C1. The Kier molecular flexibility index (Phi) is 6.99. The third-order valence-electron chi connectivity index (χ3n) is 5.14. The molecule has 1 aliphatic heterocycles. The van der Waals surface area contributed by atoms with Crippen molar-refractivity contribution in [1.29, 1.82) is 0 Å². The van der Waals surface area contributed by atoms with Gasteiger partial charge in [0.25, 0.3) is 0 Å². The lowest BCUT2D eigenvalue weighted by Gasteiger charge is -2.31. The minimum Gasteiger partial charge on any atom is -0.495 e. The molecule has 1 saturated heterocycles. The number of nitrogens with one attached hydrogen (secondary N) is 1. The van der Waals surface area contributed by atoms with Crippen LogP contribution in [0.15, 0.2) is 47.4 Å². The normalized spacial score (nSPS) is 17.4. The molecule has 0 bridgehead atoms. The standard InChI is InChI=1S/C22H28N2O5S/c1-4-29-19-10-6-5-9-18(19)23-22(25)17-8-7-13-24(15-17)30(26,27)21-14-16(2)11-12-20(21)28-3/h5-6,9-12,14,17H,4,7-8,13,15H2,1-3H3,(H,23,25)/t17-/m0/s1. The van der Waals surface area contributed by atoms with E-state index in [1.807, 2.05) is 26.0 Å². The minimum absolute atomic E-state index is 0.127. The fourth-order valence-electron chi connectivity index (χ4n) is 3.59. The molecule has 0 unspecified atom stereocenters. The van der Waals surface area contributed by atoms with Crippen LogP contribution in [0.4, 0.5) is 5.69 Å². The first-order valence-corrected chi connectivity index (χ1v) is 11.5. The Bertz CT molecular complexity index is 1010. The molecule has 0 radical (unpaired) electrons. The van der Waals surface area contributed by atoms with Crippen LogP contribution >= 0.6 is 0 Å². The molecule has 7 nitrogen and oxygen atoms in total. The number of piperidine rings is 1. The molecular weight excluding hydrogens is 404 g/mol. The maximum absolute atomic E-state index is 13.3. The Morgan fingerprint density at radius 3 is 2.70 bits per heavy atom. The van der Waals surface area contributed by atoms with Crippen molar-refractivity contribution in [3.8, 4) is 11.5 Å². The number of carbonyl (C=O) groups is 1. The lowest BCUT2D eigenvalue weighted by molar-refractivity contribution is -0.120. The van der Waals surface area contributed by atoms with Crippen LogP contribution in [-0.4, -0.2) is 45.4 Å². The number of sulfonamides is 1. The Morgan fingerprint density at radius 1 is 1.20 bits per heavy atom. The monoisotopic (exact) mass is 432 g/mol. The van der Waals surface area contributed by atoms with Crippen LogP contribution in [0.25, 0.3) is 0 Å². The summed E-state index contributed by atoms with van der Waals surface area (Å²) in [4.78, 5) is 13.0. The second-order valence-corrected chi connectivity index (χ2v) is 9.18. The highest BCUT2D eigenvalue weighted by molar-refractivity contribution is 7.89.